The number of H-pyrrole nitrogens is 1. The van der Waals surface area contributed by atoms with Crippen LogP contribution in [0, 0.1) is 5.92 Å². The molecular weight excluding hydrogens is 327 g/mol. The highest BCUT2D eigenvalue weighted by Crippen LogP contribution is 2.27. The molecular formula is C15H14F3N3O3. The number of rotatable bonds is 3. The molecule has 9 heteroatoms. The fourth-order valence-corrected chi connectivity index (χ4v) is 2.60. The van der Waals surface area contributed by atoms with E-state index in [9.17, 15) is 22.8 Å². The number of nitrogens with one attached hydrogen (secondary N) is 2. The van der Waals surface area contributed by atoms with Crippen LogP contribution in [0.5, 0.6) is 5.75 Å². The van der Waals surface area contributed by atoms with E-state index in [0.717, 1.165) is 0 Å². The third-order valence-corrected chi connectivity index (χ3v) is 3.84. The Bertz CT molecular complexity index is 794. The summed E-state index contributed by atoms with van der Waals surface area (Å²) >= 11 is 0. The number of likely N-dealkylation sites (tertiary alicyclic amines) is 1. The van der Waals surface area contributed by atoms with E-state index in [4.69, 9.17) is 0 Å². The van der Waals surface area contributed by atoms with Crippen LogP contribution < -0.4 is 10.1 Å². The quantitative estimate of drug-likeness (QED) is 0.895. The molecule has 1 saturated heterocycles. The first-order chi connectivity index (χ1) is 11.3. The lowest BCUT2D eigenvalue weighted by atomic mass is 9.99. The van der Waals surface area contributed by atoms with E-state index in [1.807, 2.05) is 0 Å². The lowest BCUT2D eigenvalue weighted by molar-refractivity contribution is -0.274. The first-order valence-corrected chi connectivity index (χ1v) is 7.16. The molecule has 0 bridgehead atoms. The minimum atomic E-state index is -4.77. The van der Waals surface area contributed by atoms with Gasteiger partial charge in [0.05, 0.1) is 5.92 Å². The summed E-state index contributed by atoms with van der Waals surface area (Å²) in [6.45, 7) is 0.632. The van der Waals surface area contributed by atoms with Crippen LogP contribution in [0.3, 0.4) is 0 Å². The van der Waals surface area contributed by atoms with Crippen LogP contribution in [-0.4, -0.2) is 48.2 Å². The van der Waals surface area contributed by atoms with Crippen LogP contribution in [0.25, 0.3) is 10.9 Å². The van der Waals surface area contributed by atoms with Crippen molar-refractivity contribution in [2.24, 2.45) is 5.92 Å². The molecule has 0 aliphatic carbocycles. The number of fused-ring (bicyclic) bond motifs is 1. The number of hydrogen-bond donors (Lipinski definition) is 2. The standard InChI is InChI=1S/C15H14F3N3O3/c1-19-13(22)9-6-21(7-9)14(23)12-4-8-2-3-10(5-11(8)20-12)24-15(16,17)18/h2-5,9,20H,6-7H2,1H3,(H,19,22). The maximum Gasteiger partial charge on any atom is 0.573 e. The number of aromatic amines is 1. The molecule has 3 rings (SSSR count). The van der Waals surface area contributed by atoms with Gasteiger partial charge in [-0.1, -0.05) is 0 Å². The van der Waals surface area contributed by atoms with Crippen molar-refractivity contribution in [2.75, 3.05) is 20.1 Å². The molecule has 24 heavy (non-hydrogen) atoms. The van der Waals surface area contributed by atoms with Gasteiger partial charge in [0.1, 0.15) is 11.4 Å². The number of aromatic nitrogens is 1. The summed E-state index contributed by atoms with van der Waals surface area (Å²) in [4.78, 5) is 28.0. The van der Waals surface area contributed by atoms with Crippen LogP contribution in [0.15, 0.2) is 24.3 Å². The third-order valence-electron chi connectivity index (χ3n) is 3.84. The van der Waals surface area contributed by atoms with E-state index in [0.29, 0.717) is 24.0 Å². The average molecular weight is 341 g/mol. The molecule has 1 aliphatic rings. The molecule has 0 spiro atoms. The van der Waals surface area contributed by atoms with Crippen LogP contribution >= 0.6 is 0 Å². The van der Waals surface area contributed by atoms with Crippen LogP contribution in [0.2, 0.25) is 0 Å². The Labute approximate surface area is 134 Å². The highest BCUT2D eigenvalue weighted by atomic mass is 19.4. The van der Waals surface area contributed by atoms with Crippen molar-refractivity contribution in [1.29, 1.82) is 0 Å². The summed E-state index contributed by atoms with van der Waals surface area (Å²) in [6.07, 6.45) is -4.77. The molecule has 2 heterocycles. The molecule has 0 saturated carbocycles. The van der Waals surface area contributed by atoms with Crippen molar-refractivity contribution in [3.63, 3.8) is 0 Å². The van der Waals surface area contributed by atoms with Crippen molar-refractivity contribution in [2.45, 2.75) is 6.36 Å². The second-order valence-electron chi connectivity index (χ2n) is 5.50. The van der Waals surface area contributed by atoms with E-state index in [-0.39, 0.29) is 29.2 Å². The van der Waals surface area contributed by atoms with Gasteiger partial charge < -0.3 is 19.9 Å². The van der Waals surface area contributed by atoms with Gasteiger partial charge in [-0.25, -0.2) is 0 Å². The number of carbonyl (C=O) groups is 2. The summed E-state index contributed by atoms with van der Waals surface area (Å²) in [5.41, 5.74) is 0.619. The fraction of sp³-hybridized carbons (Fsp3) is 0.333. The van der Waals surface area contributed by atoms with Gasteiger partial charge in [0.2, 0.25) is 5.91 Å². The number of carbonyl (C=O) groups excluding carboxylic acids is 2. The molecule has 2 amide bonds. The van der Waals surface area contributed by atoms with Gasteiger partial charge in [-0.05, 0) is 18.2 Å². The number of halogens is 3. The first-order valence-electron chi connectivity index (χ1n) is 7.16. The second kappa shape index (κ2) is 5.73. The molecule has 6 nitrogen and oxygen atoms in total. The van der Waals surface area contributed by atoms with Crippen molar-refractivity contribution >= 4 is 22.7 Å². The third kappa shape index (κ3) is 3.15. The van der Waals surface area contributed by atoms with Crippen molar-refractivity contribution < 1.29 is 27.5 Å². The second-order valence-corrected chi connectivity index (χ2v) is 5.50. The highest BCUT2D eigenvalue weighted by Gasteiger charge is 2.36. The Balaban J connectivity index is 1.74. The number of hydrogen-bond acceptors (Lipinski definition) is 3. The molecule has 2 aromatic rings. The molecule has 0 atom stereocenters. The monoisotopic (exact) mass is 341 g/mol. The van der Waals surface area contributed by atoms with Crippen molar-refractivity contribution in [3.05, 3.63) is 30.0 Å². The smallest absolute Gasteiger partial charge is 0.406 e. The van der Waals surface area contributed by atoms with Gasteiger partial charge in [-0.2, -0.15) is 0 Å². The van der Waals surface area contributed by atoms with Gasteiger partial charge in [-0.3, -0.25) is 9.59 Å². The topological polar surface area (TPSA) is 74.4 Å². The van der Waals surface area contributed by atoms with E-state index in [2.05, 4.69) is 15.0 Å². The Morgan fingerprint density at radius 1 is 1.29 bits per heavy atom. The highest BCUT2D eigenvalue weighted by molar-refractivity contribution is 5.99. The Morgan fingerprint density at radius 3 is 2.62 bits per heavy atom. The maximum absolute atomic E-state index is 12.3. The lowest BCUT2D eigenvalue weighted by Gasteiger charge is -2.37. The van der Waals surface area contributed by atoms with Gasteiger partial charge in [0.25, 0.3) is 5.91 Å². The number of ether oxygens (including phenoxy) is 1. The van der Waals surface area contributed by atoms with Gasteiger partial charge in [-0.15, -0.1) is 13.2 Å². The van der Waals surface area contributed by atoms with Crippen molar-refractivity contribution in [3.8, 4) is 5.75 Å². The van der Waals surface area contributed by atoms with Gasteiger partial charge >= 0.3 is 6.36 Å². The van der Waals surface area contributed by atoms with E-state index >= 15 is 0 Å². The minimum Gasteiger partial charge on any atom is -0.406 e. The molecule has 0 unspecified atom stereocenters. The van der Waals surface area contributed by atoms with E-state index < -0.39 is 6.36 Å². The molecule has 1 aliphatic heterocycles. The number of amides is 2. The van der Waals surface area contributed by atoms with E-state index in [1.54, 1.807) is 6.07 Å². The molecule has 1 aromatic carbocycles. The van der Waals surface area contributed by atoms with Crippen molar-refractivity contribution in [1.82, 2.24) is 15.2 Å². The van der Waals surface area contributed by atoms with Gasteiger partial charge in [0.15, 0.2) is 0 Å². The SMILES string of the molecule is CNC(=O)C1CN(C(=O)c2cc3ccc(OC(F)(F)F)cc3[nH]2)C1. The Morgan fingerprint density at radius 2 is 2.00 bits per heavy atom. The average Bonchev–Trinajstić information content (AvgIpc) is 2.86. The summed E-state index contributed by atoms with van der Waals surface area (Å²) in [5.74, 6) is -1.01. The lowest BCUT2D eigenvalue weighted by Crippen LogP contribution is -2.55. The fourth-order valence-electron chi connectivity index (χ4n) is 2.60. The number of nitrogens with zero attached hydrogens (tertiary/aromatic N) is 1. The summed E-state index contributed by atoms with van der Waals surface area (Å²) < 4.78 is 40.6. The molecule has 2 N–H and O–H groups in total. The van der Waals surface area contributed by atoms with E-state index in [1.165, 1.54) is 30.1 Å². The molecule has 1 fully saturated rings. The zero-order chi connectivity index (χ0) is 17.5. The van der Waals surface area contributed by atoms with Gasteiger partial charge in [0, 0.05) is 37.1 Å². The largest absolute Gasteiger partial charge is 0.573 e. The normalized spacial score (nSPS) is 15.2. The summed E-state index contributed by atoms with van der Waals surface area (Å²) in [7, 11) is 1.53. The minimum absolute atomic E-state index is 0.121. The summed E-state index contributed by atoms with van der Waals surface area (Å²) in [5, 5.41) is 3.12. The predicted octanol–water partition coefficient (Wildman–Crippen LogP) is 1.88. The Hall–Kier alpha value is -2.71. The maximum atomic E-state index is 12.3. The molecule has 1 aromatic heterocycles. The van der Waals surface area contributed by atoms with Crippen LogP contribution in [0.4, 0.5) is 13.2 Å². The van der Waals surface area contributed by atoms with Crippen LogP contribution in [-0.2, 0) is 4.79 Å². The number of alkyl halides is 3. The predicted molar refractivity (Wildman–Crippen MR) is 78.4 cm³/mol. The molecule has 0 radical (unpaired) electrons. The Kier molecular flexibility index (Phi) is 3.86. The first kappa shape index (κ1) is 16.2. The number of benzene rings is 1. The molecule has 128 valence electrons. The zero-order valence-corrected chi connectivity index (χ0v) is 12.6. The zero-order valence-electron chi connectivity index (χ0n) is 12.6. The van der Waals surface area contributed by atoms with Crippen LogP contribution in [0.1, 0.15) is 10.5 Å². The summed E-state index contributed by atoms with van der Waals surface area (Å²) in [6, 6.07) is 5.36.